The fourth-order valence-corrected chi connectivity index (χ4v) is 3.00. The number of esters is 1. The second-order valence-corrected chi connectivity index (χ2v) is 6.58. The molecule has 0 saturated carbocycles. The summed E-state index contributed by atoms with van der Waals surface area (Å²) in [7, 11) is 3.00. The highest BCUT2D eigenvalue weighted by Crippen LogP contribution is 2.26. The van der Waals surface area contributed by atoms with E-state index in [2.05, 4.69) is 0 Å². The van der Waals surface area contributed by atoms with Crippen molar-refractivity contribution in [2.24, 2.45) is 0 Å². The van der Waals surface area contributed by atoms with Crippen molar-refractivity contribution in [3.05, 3.63) is 54.1 Å². The van der Waals surface area contributed by atoms with Gasteiger partial charge in [0.1, 0.15) is 16.7 Å². The monoisotopic (exact) mass is 360 g/mol. The number of ketones is 1. The van der Waals surface area contributed by atoms with Crippen LogP contribution in [0.4, 0.5) is 0 Å². The molecule has 0 aromatic heterocycles. The Balaban J connectivity index is 1.94. The lowest BCUT2D eigenvalue weighted by atomic mass is 10.1. The minimum absolute atomic E-state index is 0.329. The van der Waals surface area contributed by atoms with Crippen molar-refractivity contribution < 1.29 is 23.8 Å². The van der Waals surface area contributed by atoms with E-state index in [1.807, 2.05) is 30.3 Å². The molecule has 0 N–H and O–H groups in total. The summed E-state index contributed by atoms with van der Waals surface area (Å²) in [6, 6.07) is 14.4. The zero-order valence-electron chi connectivity index (χ0n) is 14.4. The molecule has 5 nitrogen and oxygen atoms in total. The summed E-state index contributed by atoms with van der Waals surface area (Å²) < 4.78 is 15.4. The smallest absolute Gasteiger partial charge is 0.319 e. The maximum Gasteiger partial charge on any atom is 0.319 e. The number of methoxy groups -OCH3 is 2. The van der Waals surface area contributed by atoms with Gasteiger partial charge in [0.2, 0.25) is 5.78 Å². The minimum Gasteiger partial charge on any atom is -0.497 e. The Kier molecular flexibility index (Phi) is 6.89. The second kappa shape index (κ2) is 9.13. The van der Waals surface area contributed by atoms with Crippen LogP contribution >= 0.6 is 11.8 Å². The van der Waals surface area contributed by atoms with Crippen molar-refractivity contribution in [3.63, 3.8) is 0 Å². The molecule has 0 spiro atoms. The van der Waals surface area contributed by atoms with Crippen LogP contribution in [0, 0.1) is 0 Å². The van der Waals surface area contributed by atoms with Gasteiger partial charge in [-0.3, -0.25) is 9.59 Å². The molecule has 0 aliphatic heterocycles. The van der Waals surface area contributed by atoms with Crippen LogP contribution < -0.4 is 9.47 Å². The molecule has 0 saturated heterocycles. The van der Waals surface area contributed by atoms with E-state index in [0.717, 1.165) is 4.90 Å². The Bertz CT molecular complexity index is 730. The van der Waals surface area contributed by atoms with Crippen molar-refractivity contribution in [1.29, 1.82) is 0 Å². The van der Waals surface area contributed by atoms with E-state index in [1.165, 1.54) is 26.0 Å². The molecule has 1 atom stereocenters. The second-order valence-electron chi connectivity index (χ2n) is 5.17. The van der Waals surface area contributed by atoms with Crippen molar-refractivity contribution in [2.45, 2.75) is 17.1 Å². The lowest BCUT2D eigenvalue weighted by Gasteiger charge is -2.12. The van der Waals surface area contributed by atoms with Gasteiger partial charge >= 0.3 is 5.97 Å². The first-order chi connectivity index (χ1) is 12.0. The molecule has 0 radical (unpaired) electrons. The largest absolute Gasteiger partial charge is 0.497 e. The highest BCUT2D eigenvalue weighted by atomic mass is 32.2. The summed E-state index contributed by atoms with van der Waals surface area (Å²) in [5, 5.41) is -0.409. The van der Waals surface area contributed by atoms with E-state index in [4.69, 9.17) is 14.2 Å². The normalized spacial score (nSPS) is 11.5. The summed E-state index contributed by atoms with van der Waals surface area (Å²) in [5.74, 6) is 0.199. The van der Waals surface area contributed by atoms with Gasteiger partial charge in [0, 0.05) is 11.0 Å². The maximum atomic E-state index is 12.3. The Morgan fingerprint density at radius 3 is 2.40 bits per heavy atom. The summed E-state index contributed by atoms with van der Waals surface area (Å²) in [6.07, 6.45) is 0. The van der Waals surface area contributed by atoms with Crippen LogP contribution in [0.25, 0.3) is 0 Å². The van der Waals surface area contributed by atoms with Gasteiger partial charge in [-0.05, 0) is 31.2 Å². The van der Waals surface area contributed by atoms with Crippen molar-refractivity contribution in [1.82, 2.24) is 0 Å². The Hall–Kier alpha value is -2.47. The number of rotatable bonds is 8. The van der Waals surface area contributed by atoms with Crippen LogP contribution in [0.3, 0.4) is 0 Å². The van der Waals surface area contributed by atoms with Crippen LogP contribution in [-0.4, -0.2) is 37.8 Å². The van der Waals surface area contributed by atoms with Gasteiger partial charge in [-0.1, -0.05) is 18.2 Å². The van der Waals surface area contributed by atoms with Gasteiger partial charge in [0.05, 0.1) is 19.8 Å². The predicted octanol–water partition coefficient (Wildman–Crippen LogP) is 3.61. The zero-order valence-corrected chi connectivity index (χ0v) is 15.2. The third kappa shape index (κ3) is 5.26. The number of carbonyl (C=O) groups is 2. The number of hydrogen-bond donors (Lipinski definition) is 0. The first kappa shape index (κ1) is 18.9. The molecule has 0 aliphatic rings. The minimum atomic E-state index is -0.435. The summed E-state index contributed by atoms with van der Waals surface area (Å²) in [6.45, 7) is 1.42. The molecular formula is C19H20O5S. The first-order valence-corrected chi connectivity index (χ1v) is 8.56. The predicted molar refractivity (Wildman–Crippen MR) is 96.6 cm³/mol. The van der Waals surface area contributed by atoms with Gasteiger partial charge in [-0.25, -0.2) is 0 Å². The number of hydrogen-bond acceptors (Lipinski definition) is 6. The Labute approximate surface area is 151 Å². The van der Waals surface area contributed by atoms with E-state index in [-0.39, 0.29) is 12.4 Å². The molecule has 0 unspecified atom stereocenters. The molecule has 132 valence electrons. The summed E-state index contributed by atoms with van der Waals surface area (Å²) in [5.41, 5.74) is 0.347. The van der Waals surface area contributed by atoms with Crippen LogP contribution in [-0.2, 0) is 9.53 Å². The highest BCUT2D eigenvalue weighted by molar-refractivity contribution is 8.00. The standard InChI is InChI=1S/C19H20O5S/c1-13(25-15-7-5-4-6-8-15)19(21)24-12-17(20)16-10-9-14(22-2)11-18(16)23-3/h4-11,13H,12H2,1-3H3/t13-/m0/s1. The highest BCUT2D eigenvalue weighted by Gasteiger charge is 2.19. The molecule has 0 aliphatic carbocycles. The molecule has 2 aromatic carbocycles. The van der Waals surface area contributed by atoms with E-state index >= 15 is 0 Å². The fraction of sp³-hybridized carbons (Fsp3) is 0.263. The van der Waals surface area contributed by atoms with E-state index < -0.39 is 11.2 Å². The average molecular weight is 360 g/mol. The van der Waals surface area contributed by atoms with Gasteiger partial charge in [0.15, 0.2) is 6.61 Å². The number of carbonyl (C=O) groups excluding carboxylic acids is 2. The number of ether oxygens (including phenoxy) is 3. The summed E-state index contributed by atoms with van der Waals surface area (Å²) >= 11 is 1.38. The molecule has 0 fully saturated rings. The molecule has 2 aromatic rings. The Morgan fingerprint density at radius 1 is 1.04 bits per heavy atom. The summed E-state index contributed by atoms with van der Waals surface area (Å²) in [4.78, 5) is 25.4. The topological polar surface area (TPSA) is 61.8 Å². The van der Waals surface area contributed by atoms with Gasteiger partial charge in [-0.2, -0.15) is 0 Å². The fourth-order valence-electron chi connectivity index (χ4n) is 2.11. The van der Waals surface area contributed by atoms with Crippen LogP contribution in [0.5, 0.6) is 11.5 Å². The van der Waals surface area contributed by atoms with Crippen molar-refractivity contribution in [2.75, 3.05) is 20.8 Å². The van der Waals surface area contributed by atoms with Crippen molar-refractivity contribution in [3.8, 4) is 11.5 Å². The third-order valence-electron chi connectivity index (χ3n) is 3.44. The molecule has 2 rings (SSSR count). The zero-order chi connectivity index (χ0) is 18.2. The molecule has 0 bridgehead atoms. The van der Waals surface area contributed by atoms with E-state index in [1.54, 1.807) is 25.1 Å². The first-order valence-electron chi connectivity index (χ1n) is 7.68. The number of Topliss-reactive ketones (excluding diaryl/α,β-unsaturated/α-hetero) is 1. The quantitative estimate of drug-likeness (QED) is 0.407. The molecule has 0 heterocycles. The van der Waals surface area contributed by atoms with Crippen LogP contribution in [0.1, 0.15) is 17.3 Å². The molecule has 25 heavy (non-hydrogen) atoms. The van der Waals surface area contributed by atoms with Gasteiger partial charge < -0.3 is 14.2 Å². The van der Waals surface area contributed by atoms with Gasteiger partial charge in [-0.15, -0.1) is 11.8 Å². The van der Waals surface area contributed by atoms with E-state index in [9.17, 15) is 9.59 Å². The number of benzene rings is 2. The molecule has 0 amide bonds. The average Bonchev–Trinajstić information content (AvgIpc) is 2.65. The molecule has 6 heteroatoms. The van der Waals surface area contributed by atoms with E-state index in [0.29, 0.717) is 17.1 Å². The SMILES string of the molecule is COc1ccc(C(=O)COC(=O)[C@H](C)Sc2ccccc2)c(OC)c1. The Morgan fingerprint density at radius 2 is 1.76 bits per heavy atom. The van der Waals surface area contributed by atoms with Crippen molar-refractivity contribution >= 4 is 23.5 Å². The van der Waals surface area contributed by atoms with Crippen LogP contribution in [0.15, 0.2) is 53.4 Å². The lowest BCUT2D eigenvalue weighted by molar-refractivity contribution is -0.141. The number of thioether (sulfide) groups is 1. The maximum absolute atomic E-state index is 12.3. The molecular weight excluding hydrogens is 340 g/mol. The third-order valence-corrected chi connectivity index (χ3v) is 4.53. The lowest BCUT2D eigenvalue weighted by Crippen LogP contribution is -2.21. The van der Waals surface area contributed by atoms with Gasteiger partial charge in [0.25, 0.3) is 0 Å². The van der Waals surface area contributed by atoms with Crippen LogP contribution in [0.2, 0.25) is 0 Å².